The third kappa shape index (κ3) is 3.28. The summed E-state index contributed by atoms with van der Waals surface area (Å²) in [5, 5.41) is 13.6. The van der Waals surface area contributed by atoms with Crippen LogP contribution in [0.4, 0.5) is 5.69 Å². The minimum atomic E-state index is 0.645. The highest BCUT2D eigenvalue weighted by Crippen LogP contribution is 2.27. The number of nitrogens with one attached hydrogen (secondary N) is 1. The van der Waals surface area contributed by atoms with Gasteiger partial charge in [0.2, 0.25) is 0 Å². The maximum atomic E-state index is 9.43. The fraction of sp³-hybridized carbons (Fsp3) is 0.562. The van der Waals surface area contributed by atoms with Gasteiger partial charge >= 0.3 is 0 Å². The molecule has 1 unspecified atom stereocenters. The summed E-state index contributed by atoms with van der Waals surface area (Å²) in [6.45, 7) is 5.23. The number of thioether (sulfide) groups is 1. The molecule has 0 aromatic heterocycles. The molecule has 1 aliphatic carbocycles. The van der Waals surface area contributed by atoms with Crippen LogP contribution in [0.25, 0.3) is 0 Å². The van der Waals surface area contributed by atoms with Gasteiger partial charge in [0.1, 0.15) is 6.07 Å². The van der Waals surface area contributed by atoms with Crippen LogP contribution in [-0.4, -0.2) is 30.1 Å². The third-order valence-electron chi connectivity index (χ3n) is 3.94. The van der Waals surface area contributed by atoms with Crippen molar-refractivity contribution in [1.29, 1.82) is 5.26 Å². The number of benzene rings is 1. The molecule has 2 fully saturated rings. The molecule has 0 bridgehead atoms. The van der Waals surface area contributed by atoms with Crippen LogP contribution in [0.2, 0.25) is 0 Å². The lowest BCUT2D eigenvalue weighted by atomic mass is 10.1. The molecule has 1 aliphatic heterocycles. The largest absolute Gasteiger partial charge is 0.369 e. The van der Waals surface area contributed by atoms with Gasteiger partial charge < -0.3 is 10.2 Å². The summed E-state index contributed by atoms with van der Waals surface area (Å²) in [6.07, 6.45) is 2.60. The number of hydrogen-bond donors (Lipinski definition) is 1. The third-order valence-corrected chi connectivity index (χ3v) is 5.07. The van der Waals surface area contributed by atoms with E-state index in [4.69, 9.17) is 0 Å². The summed E-state index contributed by atoms with van der Waals surface area (Å²) < 4.78 is 0. The molecule has 1 aromatic carbocycles. The fourth-order valence-electron chi connectivity index (χ4n) is 2.65. The summed E-state index contributed by atoms with van der Waals surface area (Å²) in [6, 6.07) is 9.43. The lowest BCUT2D eigenvalue weighted by Gasteiger charge is -2.33. The second kappa shape index (κ2) is 6.07. The average Bonchev–Trinajstić information content (AvgIpc) is 3.29. The second-order valence-corrected chi connectivity index (χ2v) is 7.29. The average molecular weight is 287 g/mol. The van der Waals surface area contributed by atoms with E-state index in [1.165, 1.54) is 18.4 Å². The number of nitrogens with zero attached hydrogens (tertiary/aromatic N) is 2. The first-order chi connectivity index (χ1) is 9.76. The quantitative estimate of drug-likeness (QED) is 0.924. The van der Waals surface area contributed by atoms with E-state index in [-0.39, 0.29) is 0 Å². The van der Waals surface area contributed by atoms with E-state index in [1.807, 2.05) is 11.8 Å². The number of hydrogen-bond acceptors (Lipinski definition) is 4. The summed E-state index contributed by atoms with van der Waals surface area (Å²) >= 11 is 2.02. The number of anilines is 1. The Bertz CT molecular complexity index is 519. The summed E-state index contributed by atoms with van der Waals surface area (Å²) in [7, 11) is 0. The van der Waals surface area contributed by atoms with Crippen molar-refractivity contribution in [3.63, 3.8) is 0 Å². The molecule has 1 aromatic rings. The Labute approximate surface area is 125 Å². The number of nitriles is 1. The molecular formula is C16H21N3S. The van der Waals surface area contributed by atoms with Crippen LogP contribution in [0, 0.1) is 11.3 Å². The smallest absolute Gasteiger partial charge is 0.101 e. The van der Waals surface area contributed by atoms with E-state index in [1.54, 1.807) is 0 Å². The SMILES string of the molecule is CC1CN(c2ccc(CNC3CC3)cc2C#N)CCS1. The molecule has 20 heavy (non-hydrogen) atoms. The fourth-order valence-corrected chi connectivity index (χ4v) is 3.66. The summed E-state index contributed by atoms with van der Waals surface area (Å²) in [4.78, 5) is 2.36. The molecule has 4 heteroatoms. The van der Waals surface area contributed by atoms with Crippen LogP contribution >= 0.6 is 11.8 Å². The van der Waals surface area contributed by atoms with Crippen LogP contribution in [0.15, 0.2) is 18.2 Å². The van der Waals surface area contributed by atoms with Gasteiger partial charge in [0.25, 0.3) is 0 Å². The first-order valence-corrected chi connectivity index (χ1v) is 8.44. The summed E-state index contributed by atoms with van der Waals surface area (Å²) in [5.74, 6) is 1.15. The molecule has 106 valence electrons. The van der Waals surface area contributed by atoms with Crippen molar-refractivity contribution in [3.8, 4) is 6.07 Å². The first-order valence-electron chi connectivity index (χ1n) is 7.39. The van der Waals surface area contributed by atoms with Crippen molar-refractivity contribution in [2.75, 3.05) is 23.7 Å². The molecule has 1 atom stereocenters. The van der Waals surface area contributed by atoms with Gasteiger partial charge in [-0.1, -0.05) is 13.0 Å². The van der Waals surface area contributed by atoms with Gasteiger partial charge in [-0.15, -0.1) is 0 Å². The van der Waals surface area contributed by atoms with E-state index in [0.717, 1.165) is 36.6 Å². The molecule has 3 nitrogen and oxygen atoms in total. The van der Waals surface area contributed by atoms with Gasteiger partial charge in [0, 0.05) is 36.7 Å². The van der Waals surface area contributed by atoms with Gasteiger partial charge in [-0.05, 0) is 30.5 Å². The van der Waals surface area contributed by atoms with Crippen molar-refractivity contribution in [1.82, 2.24) is 5.32 Å². The topological polar surface area (TPSA) is 39.1 Å². The Hall–Kier alpha value is -1.18. The van der Waals surface area contributed by atoms with Crippen LogP contribution in [0.5, 0.6) is 0 Å². The zero-order valence-electron chi connectivity index (χ0n) is 11.9. The molecule has 1 saturated heterocycles. The number of rotatable bonds is 4. The van der Waals surface area contributed by atoms with Crippen molar-refractivity contribution in [3.05, 3.63) is 29.3 Å². The zero-order valence-corrected chi connectivity index (χ0v) is 12.7. The first kappa shape index (κ1) is 13.8. The van der Waals surface area contributed by atoms with Crippen molar-refractivity contribution < 1.29 is 0 Å². The predicted octanol–water partition coefficient (Wildman–Crippen LogP) is 2.75. The molecule has 2 aliphatic rings. The minimum absolute atomic E-state index is 0.645. The predicted molar refractivity (Wildman–Crippen MR) is 85.2 cm³/mol. The Morgan fingerprint density at radius 1 is 1.45 bits per heavy atom. The van der Waals surface area contributed by atoms with Crippen molar-refractivity contribution in [2.45, 2.75) is 37.6 Å². The monoisotopic (exact) mass is 287 g/mol. The van der Waals surface area contributed by atoms with Gasteiger partial charge in [-0.3, -0.25) is 0 Å². The van der Waals surface area contributed by atoms with Crippen molar-refractivity contribution in [2.24, 2.45) is 0 Å². The summed E-state index contributed by atoms with van der Waals surface area (Å²) in [5.41, 5.74) is 3.14. The van der Waals surface area contributed by atoms with Crippen LogP contribution in [-0.2, 0) is 6.54 Å². The zero-order chi connectivity index (χ0) is 13.9. The molecule has 0 radical (unpaired) electrons. The molecule has 1 saturated carbocycles. The van der Waals surface area contributed by atoms with Gasteiger partial charge in [-0.25, -0.2) is 0 Å². The van der Waals surface area contributed by atoms with Gasteiger partial charge in [-0.2, -0.15) is 17.0 Å². The van der Waals surface area contributed by atoms with E-state index < -0.39 is 0 Å². The molecule has 1 heterocycles. The van der Waals surface area contributed by atoms with Gasteiger partial charge in [0.15, 0.2) is 0 Å². The van der Waals surface area contributed by atoms with Crippen LogP contribution < -0.4 is 10.2 Å². The van der Waals surface area contributed by atoms with Crippen LogP contribution in [0.1, 0.15) is 30.9 Å². The van der Waals surface area contributed by atoms with Gasteiger partial charge in [0.05, 0.1) is 11.3 Å². The minimum Gasteiger partial charge on any atom is -0.369 e. The molecule has 1 N–H and O–H groups in total. The Morgan fingerprint density at radius 2 is 2.30 bits per heavy atom. The second-order valence-electron chi connectivity index (χ2n) is 5.75. The molecule has 0 amide bonds. The van der Waals surface area contributed by atoms with Crippen LogP contribution in [0.3, 0.4) is 0 Å². The van der Waals surface area contributed by atoms with E-state index in [2.05, 4.69) is 41.4 Å². The Morgan fingerprint density at radius 3 is 3.00 bits per heavy atom. The molecule has 0 spiro atoms. The maximum absolute atomic E-state index is 9.43. The highest BCUT2D eigenvalue weighted by molar-refractivity contribution is 8.00. The van der Waals surface area contributed by atoms with Crippen molar-refractivity contribution >= 4 is 17.4 Å². The molecular weight excluding hydrogens is 266 g/mol. The lowest BCUT2D eigenvalue weighted by Crippen LogP contribution is -2.37. The van der Waals surface area contributed by atoms with E-state index in [0.29, 0.717) is 11.3 Å². The highest BCUT2D eigenvalue weighted by Gasteiger charge is 2.21. The lowest BCUT2D eigenvalue weighted by molar-refractivity contribution is 0.687. The standard InChI is InChI=1S/C16H21N3S/c1-12-11-19(6-7-20-12)16-5-2-13(8-14(16)9-17)10-18-15-3-4-15/h2,5,8,12,15,18H,3-4,6-7,10-11H2,1H3. The van der Waals surface area contributed by atoms with E-state index in [9.17, 15) is 5.26 Å². The Balaban J connectivity index is 1.74. The maximum Gasteiger partial charge on any atom is 0.101 e. The molecule has 3 rings (SSSR count). The normalized spacial score (nSPS) is 22.6. The van der Waals surface area contributed by atoms with E-state index >= 15 is 0 Å². The Kier molecular flexibility index (Phi) is 4.18. The highest BCUT2D eigenvalue weighted by atomic mass is 32.2.